The van der Waals surface area contributed by atoms with Crippen LogP contribution in [0.5, 0.6) is 0 Å². The van der Waals surface area contributed by atoms with Gasteiger partial charge in [-0.2, -0.15) is 24.8 Å². The number of nitrogens with one attached hydrogen (secondary N) is 4. The first-order valence-corrected chi connectivity index (χ1v) is 32.0. The minimum absolute atomic E-state index is 0. The molecule has 0 radical (unpaired) electrons. The molecule has 24 nitrogen and oxygen atoms in total. The second-order valence-corrected chi connectivity index (χ2v) is 24.3. The number of likely N-dealkylation sites (tertiary alicyclic amines) is 2. The highest BCUT2D eigenvalue weighted by Gasteiger charge is 2.42. The van der Waals surface area contributed by atoms with Gasteiger partial charge in [0.2, 0.25) is 23.5 Å². The number of aromatic nitrogens is 4. The zero-order chi connectivity index (χ0) is 70.6. The average Bonchev–Trinajstić information content (AvgIpc) is 1.68. The summed E-state index contributed by atoms with van der Waals surface area (Å²) in [5.41, 5.74) is 22.8. The van der Waals surface area contributed by atoms with Crippen LogP contribution in [0.15, 0.2) is 212 Å². The first-order valence-electron chi connectivity index (χ1n) is 32.0. The summed E-state index contributed by atoms with van der Waals surface area (Å²) in [6.45, 7) is 9.22. The van der Waals surface area contributed by atoms with E-state index in [9.17, 15) is 28.8 Å². The fourth-order valence-corrected chi connectivity index (χ4v) is 11.0. The van der Waals surface area contributed by atoms with Crippen LogP contribution >= 0.6 is 12.4 Å². The number of Topliss-reactive ketones (excluding diaryl/α,β-unsaturated/α-hetero) is 1. The maximum absolute atomic E-state index is 13.5. The van der Waals surface area contributed by atoms with E-state index in [1.807, 2.05) is 165 Å². The molecule has 2 aliphatic rings. The van der Waals surface area contributed by atoms with Crippen LogP contribution in [0.4, 0.5) is 9.59 Å². The third-order valence-corrected chi connectivity index (χ3v) is 16.1. The molecule has 0 saturated carbocycles. The number of amidine groups is 1. The number of aliphatic imine (C=N–C) groups is 1. The van der Waals surface area contributed by atoms with E-state index in [-0.39, 0.29) is 79.1 Å². The third-order valence-electron chi connectivity index (χ3n) is 16.1. The van der Waals surface area contributed by atoms with Gasteiger partial charge in [-0.25, -0.2) is 9.59 Å². The fraction of sp³-hybridized carbons (Fsp3) is 0.297. The topological polar surface area (TPSA) is 359 Å². The number of hydrogen-bond acceptors (Lipinski definition) is 16. The van der Waals surface area contributed by atoms with Crippen molar-refractivity contribution >= 4 is 71.5 Å². The molecule has 2 aromatic heterocycles. The molecule has 10 N–H and O–H groups in total. The lowest BCUT2D eigenvalue weighted by molar-refractivity contribution is -0.191. The molecule has 0 bridgehead atoms. The second-order valence-electron chi connectivity index (χ2n) is 24.3. The number of nitrogens with zero attached hydrogens (tertiary/aromatic N) is 7. The van der Waals surface area contributed by atoms with Crippen molar-refractivity contribution in [2.45, 2.75) is 128 Å². The van der Waals surface area contributed by atoms with Gasteiger partial charge in [0, 0.05) is 80.1 Å². The summed E-state index contributed by atoms with van der Waals surface area (Å²) in [5, 5.41) is 31.0. The number of aryl methyl sites for hydroxylation is 2. The lowest BCUT2D eigenvalue weighted by Gasteiger charge is -2.28. The lowest BCUT2D eigenvalue weighted by atomic mass is 9.98. The summed E-state index contributed by atoms with van der Waals surface area (Å²) in [6.07, 6.45) is 9.74. The monoisotopic (exact) mass is 1360 g/mol. The maximum Gasteiger partial charge on any atom is 0.435 e. The van der Waals surface area contributed by atoms with E-state index in [0.717, 1.165) is 34.2 Å². The van der Waals surface area contributed by atoms with Gasteiger partial charge in [0.05, 0.1) is 23.8 Å². The van der Waals surface area contributed by atoms with Gasteiger partial charge in [0.15, 0.2) is 0 Å². The van der Waals surface area contributed by atoms with Crippen molar-refractivity contribution in [3.05, 3.63) is 251 Å². The highest BCUT2D eigenvalue weighted by Crippen LogP contribution is 2.30. The summed E-state index contributed by atoms with van der Waals surface area (Å²) in [6, 6.07) is 53.4. The van der Waals surface area contributed by atoms with Gasteiger partial charge in [-0.1, -0.05) is 170 Å². The van der Waals surface area contributed by atoms with Crippen molar-refractivity contribution in [3.8, 4) is 0 Å². The number of nitrogens with two attached hydrogens (primary N) is 3. The van der Waals surface area contributed by atoms with Crippen molar-refractivity contribution in [2.75, 3.05) is 13.1 Å². The molecule has 8 aromatic rings. The first kappa shape index (κ1) is 77.0. The van der Waals surface area contributed by atoms with E-state index in [2.05, 4.69) is 25.8 Å². The molecular formula is C74H85ClN14O10. The van der Waals surface area contributed by atoms with Crippen molar-refractivity contribution in [3.63, 3.8) is 0 Å². The molecule has 4 heterocycles. The smallest absolute Gasteiger partial charge is 0.435 e. The predicted molar refractivity (Wildman–Crippen MR) is 377 cm³/mol. The summed E-state index contributed by atoms with van der Waals surface area (Å²) in [4.78, 5) is 100. The highest BCUT2D eigenvalue weighted by molar-refractivity contribution is 6.71. The Labute approximate surface area is 581 Å². The summed E-state index contributed by atoms with van der Waals surface area (Å²) >= 11 is 0. The van der Waals surface area contributed by atoms with Crippen LogP contribution in [0.25, 0.3) is 0 Å². The predicted octanol–water partition coefficient (Wildman–Crippen LogP) is 9.17. The number of carbonyl (C=O) groups excluding carboxylic acids is 8. The van der Waals surface area contributed by atoms with E-state index in [1.54, 1.807) is 88.7 Å². The van der Waals surface area contributed by atoms with Gasteiger partial charge in [-0.3, -0.25) is 39.4 Å². The SMILES string of the molecule is C[C@@H]1CC(n2cccn2)CN1C(=O)[C@@H](CCc1ccccc1)NC(=O)OC(C)(C)C.Cl.N=C(C(=N)c1ccc(CNC(=O)[C@@H]2CC(n3cccn3)CN2C(=O)[C@H](N)CCc2ccccc2)cc1)C(=O)c1ccccc1.NCc1ccc(C(N)=NC(=O)OCc2ccccc2)cc1.O=C=O. The Kier molecular flexibility index (Phi) is 30.0. The van der Waals surface area contributed by atoms with Crippen molar-refractivity contribution in [2.24, 2.45) is 22.2 Å². The normalized spacial score (nSPS) is 16.0. The minimum atomic E-state index is -0.739. The molecule has 518 valence electrons. The molecule has 0 spiro atoms. The molecule has 2 aliphatic heterocycles. The van der Waals surface area contributed by atoms with E-state index < -0.39 is 47.4 Å². The Balaban J connectivity index is 0.000000244. The van der Waals surface area contributed by atoms with Crippen LogP contribution in [0.2, 0.25) is 0 Å². The number of benzene rings is 6. The Morgan fingerprint density at radius 2 is 1.13 bits per heavy atom. The summed E-state index contributed by atoms with van der Waals surface area (Å²) in [7, 11) is 0. The van der Waals surface area contributed by atoms with E-state index in [0.29, 0.717) is 68.4 Å². The average molecular weight is 1370 g/mol. The number of ether oxygens (including phenoxy) is 2. The van der Waals surface area contributed by atoms with Gasteiger partial charge in [-0.15, -0.1) is 12.4 Å². The zero-order valence-electron chi connectivity index (χ0n) is 55.7. The number of alkyl carbamates (subject to hydrolysis) is 1. The number of halogens is 1. The number of ketones is 1. The van der Waals surface area contributed by atoms with Crippen molar-refractivity contribution in [1.29, 1.82) is 10.8 Å². The number of hydrogen-bond donors (Lipinski definition) is 7. The van der Waals surface area contributed by atoms with E-state index >= 15 is 0 Å². The molecule has 6 atom stereocenters. The largest absolute Gasteiger partial charge is 0.444 e. The molecule has 6 aromatic carbocycles. The molecule has 2 fully saturated rings. The minimum Gasteiger partial charge on any atom is -0.444 e. The van der Waals surface area contributed by atoms with Crippen LogP contribution in [-0.2, 0) is 66.0 Å². The molecule has 0 aliphatic carbocycles. The van der Waals surface area contributed by atoms with Gasteiger partial charge < -0.3 is 47.1 Å². The lowest BCUT2D eigenvalue weighted by Crippen LogP contribution is -2.51. The third kappa shape index (κ3) is 23.9. The molecule has 2 unspecified atom stereocenters. The van der Waals surface area contributed by atoms with Crippen LogP contribution in [0, 0.1) is 10.8 Å². The van der Waals surface area contributed by atoms with Crippen LogP contribution in [0.1, 0.15) is 115 Å². The summed E-state index contributed by atoms with van der Waals surface area (Å²) in [5.74, 6) is -1.01. The zero-order valence-corrected chi connectivity index (χ0v) is 56.5. The van der Waals surface area contributed by atoms with Gasteiger partial charge in [-0.05, 0) is 99.7 Å². The van der Waals surface area contributed by atoms with Gasteiger partial charge in [0.1, 0.15) is 35.8 Å². The van der Waals surface area contributed by atoms with Crippen molar-refractivity contribution < 1.29 is 47.8 Å². The van der Waals surface area contributed by atoms with Gasteiger partial charge >= 0.3 is 18.3 Å². The highest BCUT2D eigenvalue weighted by atomic mass is 35.5. The van der Waals surface area contributed by atoms with Crippen molar-refractivity contribution in [1.82, 2.24) is 40.0 Å². The molecule has 5 amide bonds. The standard InChI is InChI=1S/C34H35N7O3.C23H32N4O3.C16H17N3O2.CO2.ClH/c35-28(17-14-23-8-3-1-4-9-23)34(44)40-22-27(41-19-7-18-39-41)20-29(40)33(43)38-21-24-12-15-25(16-13-24)30(36)31(37)32(42)26-10-5-2-6-11-26;1-17-15-19(27-14-8-13-24-27)16-26(17)21(28)20(25-22(29)30-23(2,3)4)12-11-18-9-6-5-7-10-18;17-10-12-6-8-14(9-7-12)15(18)19-16(20)21-11-13-4-2-1-3-5-13;2-1-3;/h1-13,15-16,18-19,27-29,36-37H,14,17,20-22,35H2,(H,38,43);5-10,13-14,17,19-20H,11-12,15-16H2,1-4H3,(H,25,29);1-9H,10-11,17H2,(H2,18,19,20);;1H/t27?,28-,29+;17-,19?,20-;;;/m11.../s1. The number of rotatable bonds is 22. The molecular weight excluding hydrogens is 1280 g/mol. The quantitative estimate of drug-likeness (QED) is 0.0189. The Morgan fingerprint density at radius 3 is 1.66 bits per heavy atom. The maximum atomic E-state index is 13.5. The van der Waals surface area contributed by atoms with E-state index in [4.69, 9.17) is 47.1 Å². The second kappa shape index (κ2) is 38.6. The fourth-order valence-electron chi connectivity index (χ4n) is 11.0. The molecule has 25 heteroatoms. The number of carbonyl (C=O) groups is 6. The Bertz CT molecular complexity index is 3950. The summed E-state index contributed by atoms with van der Waals surface area (Å²) < 4.78 is 14.1. The molecule has 2 saturated heterocycles. The first-order chi connectivity index (χ1) is 47.1. The van der Waals surface area contributed by atoms with E-state index in [1.165, 1.54) is 0 Å². The molecule has 10 rings (SSSR count). The Morgan fingerprint density at radius 1 is 0.636 bits per heavy atom. The van der Waals surface area contributed by atoms with Crippen LogP contribution in [0.3, 0.4) is 0 Å². The number of amides is 5. The van der Waals surface area contributed by atoms with Crippen LogP contribution < -0.4 is 27.8 Å². The Hall–Kier alpha value is -11.0. The van der Waals surface area contributed by atoms with Gasteiger partial charge in [0.25, 0.3) is 0 Å². The molecule has 99 heavy (non-hydrogen) atoms. The van der Waals surface area contributed by atoms with Crippen LogP contribution in [-0.4, -0.2) is 131 Å².